The van der Waals surface area contributed by atoms with Gasteiger partial charge in [0.1, 0.15) is 17.3 Å². The zero-order valence-corrected chi connectivity index (χ0v) is 17.2. The molecule has 1 amide bonds. The van der Waals surface area contributed by atoms with Crippen LogP contribution in [0.1, 0.15) is 5.56 Å². The van der Waals surface area contributed by atoms with Crippen LogP contribution in [-0.4, -0.2) is 16.0 Å². The molecule has 5 nitrogen and oxygen atoms in total. The first-order chi connectivity index (χ1) is 14.6. The van der Waals surface area contributed by atoms with Gasteiger partial charge in [0.05, 0.1) is 22.3 Å². The summed E-state index contributed by atoms with van der Waals surface area (Å²) in [5, 5.41) is 7.21. The van der Waals surface area contributed by atoms with E-state index in [1.807, 2.05) is 41.8 Å². The van der Waals surface area contributed by atoms with Crippen molar-refractivity contribution in [2.75, 3.05) is 5.32 Å². The van der Waals surface area contributed by atoms with Crippen LogP contribution in [0.3, 0.4) is 0 Å². The van der Waals surface area contributed by atoms with Gasteiger partial charge in [-0.25, -0.2) is 4.39 Å². The lowest BCUT2D eigenvalue weighted by Gasteiger charge is -2.12. The first-order valence-electron chi connectivity index (χ1n) is 9.03. The molecule has 4 rings (SSSR count). The maximum atomic E-state index is 14.5. The first-order valence-corrected chi connectivity index (χ1v) is 10.3. The minimum atomic E-state index is -0.552. The van der Waals surface area contributed by atoms with Crippen LogP contribution < -0.4 is 15.4 Å². The van der Waals surface area contributed by atoms with Crippen molar-refractivity contribution in [1.82, 2.24) is 10.3 Å². The average molecular weight is 438 g/mol. The van der Waals surface area contributed by atoms with Gasteiger partial charge in [-0.2, -0.15) is 0 Å². The van der Waals surface area contributed by atoms with Crippen LogP contribution in [0.15, 0.2) is 72.2 Å². The fraction of sp³-hybridized carbons (Fsp3) is 0.0455. The van der Waals surface area contributed by atoms with Gasteiger partial charge in [0.2, 0.25) is 5.91 Å². The van der Waals surface area contributed by atoms with E-state index in [1.54, 1.807) is 18.3 Å². The number of fused-ring (bicyclic) bond motifs is 1. The van der Waals surface area contributed by atoms with Gasteiger partial charge in [-0.05, 0) is 41.4 Å². The molecule has 0 aliphatic heterocycles. The SMILES string of the molecule is O=C(Cc1ccccc1)NC(=S)Nc1ccc(Oc2ccnc3ccsc23)cc1F. The maximum Gasteiger partial charge on any atom is 0.230 e. The Hall–Kier alpha value is -3.36. The highest BCUT2D eigenvalue weighted by atomic mass is 32.1. The van der Waals surface area contributed by atoms with Crippen LogP contribution >= 0.6 is 23.6 Å². The lowest BCUT2D eigenvalue weighted by molar-refractivity contribution is -0.119. The number of hydrogen-bond donors (Lipinski definition) is 2. The Morgan fingerprint density at radius 2 is 1.97 bits per heavy atom. The number of nitrogens with one attached hydrogen (secondary N) is 2. The van der Waals surface area contributed by atoms with Crippen molar-refractivity contribution in [2.24, 2.45) is 0 Å². The normalized spacial score (nSPS) is 10.6. The number of nitrogens with zero attached hydrogens (tertiary/aromatic N) is 1. The van der Waals surface area contributed by atoms with Crippen LogP contribution in [0.4, 0.5) is 10.1 Å². The molecule has 0 radical (unpaired) electrons. The minimum Gasteiger partial charge on any atom is -0.456 e. The highest BCUT2D eigenvalue weighted by Crippen LogP contribution is 2.33. The Kier molecular flexibility index (Phi) is 5.97. The van der Waals surface area contributed by atoms with E-state index in [0.717, 1.165) is 15.8 Å². The number of rotatable bonds is 5. The third kappa shape index (κ3) is 4.79. The standard InChI is InChI=1S/C22H16FN3O2S2/c23-16-13-15(28-19-8-10-24-18-9-11-30-21(18)19)6-7-17(16)25-22(29)26-20(27)12-14-4-2-1-3-5-14/h1-11,13H,12H2,(H2,25,26,27,29). The fourth-order valence-corrected chi connectivity index (χ4v) is 3.85. The van der Waals surface area contributed by atoms with E-state index < -0.39 is 5.82 Å². The zero-order chi connectivity index (χ0) is 20.9. The number of carbonyl (C=O) groups excluding carboxylic acids is 1. The zero-order valence-electron chi connectivity index (χ0n) is 15.6. The van der Waals surface area contributed by atoms with Crippen LogP contribution in [0.25, 0.3) is 10.2 Å². The van der Waals surface area contributed by atoms with Crippen LogP contribution in [-0.2, 0) is 11.2 Å². The molecule has 0 aliphatic carbocycles. The molecule has 0 fully saturated rings. The van der Waals surface area contributed by atoms with Gasteiger partial charge in [0, 0.05) is 18.3 Å². The predicted octanol–water partition coefficient (Wildman–Crippen LogP) is 5.28. The van der Waals surface area contributed by atoms with Crippen molar-refractivity contribution >= 4 is 50.5 Å². The fourth-order valence-electron chi connectivity index (χ4n) is 2.82. The van der Waals surface area contributed by atoms with Crippen molar-refractivity contribution in [3.63, 3.8) is 0 Å². The molecule has 0 spiro atoms. The molecule has 0 bridgehead atoms. The van der Waals surface area contributed by atoms with Gasteiger partial charge in [-0.3, -0.25) is 9.78 Å². The second-order valence-electron chi connectivity index (χ2n) is 6.35. The molecule has 8 heteroatoms. The Labute approximate surface area is 181 Å². The number of ether oxygens (including phenoxy) is 1. The number of thiophene rings is 1. The van der Waals surface area contributed by atoms with E-state index in [4.69, 9.17) is 17.0 Å². The summed E-state index contributed by atoms with van der Waals surface area (Å²) in [6.45, 7) is 0. The van der Waals surface area contributed by atoms with Gasteiger partial charge < -0.3 is 15.4 Å². The topological polar surface area (TPSA) is 63.2 Å². The third-order valence-corrected chi connectivity index (χ3v) is 5.31. The van der Waals surface area contributed by atoms with Crippen molar-refractivity contribution in [3.8, 4) is 11.5 Å². The van der Waals surface area contributed by atoms with Gasteiger partial charge in [-0.1, -0.05) is 30.3 Å². The molecule has 2 N–H and O–H groups in total. The molecule has 4 aromatic rings. The number of carbonyl (C=O) groups is 1. The van der Waals surface area contributed by atoms with E-state index >= 15 is 0 Å². The number of aromatic nitrogens is 1. The van der Waals surface area contributed by atoms with Crippen LogP contribution in [0.2, 0.25) is 0 Å². The summed E-state index contributed by atoms with van der Waals surface area (Å²) < 4.78 is 21.2. The molecule has 30 heavy (non-hydrogen) atoms. The van der Waals surface area contributed by atoms with E-state index in [1.165, 1.54) is 23.5 Å². The number of pyridine rings is 1. The number of halogens is 1. The lowest BCUT2D eigenvalue weighted by atomic mass is 10.1. The highest BCUT2D eigenvalue weighted by Gasteiger charge is 2.11. The molecule has 0 unspecified atom stereocenters. The molecule has 150 valence electrons. The van der Waals surface area contributed by atoms with Gasteiger partial charge in [0.25, 0.3) is 0 Å². The Morgan fingerprint density at radius 3 is 2.77 bits per heavy atom. The molecule has 0 atom stereocenters. The number of anilines is 1. The smallest absolute Gasteiger partial charge is 0.230 e. The summed E-state index contributed by atoms with van der Waals surface area (Å²) >= 11 is 6.63. The molecule has 0 saturated carbocycles. The largest absolute Gasteiger partial charge is 0.456 e. The Morgan fingerprint density at radius 1 is 1.13 bits per heavy atom. The maximum absolute atomic E-state index is 14.5. The van der Waals surface area contributed by atoms with E-state index in [9.17, 15) is 9.18 Å². The summed E-state index contributed by atoms with van der Waals surface area (Å²) in [6, 6.07) is 17.3. The molecule has 2 aromatic heterocycles. The summed E-state index contributed by atoms with van der Waals surface area (Å²) in [5.74, 6) is 0.122. The summed E-state index contributed by atoms with van der Waals surface area (Å²) in [7, 11) is 0. The summed E-state index contributed by atoms with van der Waals surface area (Å²) in [6.07, 6.45) is 1.83. The molecule has 2 heterocycles. The molecule has 0 saturated heterocycles. The second-order valence-corrected chi connectivity index (χ2v) is 7.68. The van der Waals surface area contributed by atoms with Crippen LogP contribution in [0, 0.1) is 5.82 Å². The van der Waals surface area contributed by atoms with Crippen molar-refractivity contribution < 1.29 is 13.9 Å². The monoisotopic (exact) mass is 437 g/mol. The Balaban J connectivity index is 1.39. The molecule has 0 aliphatic rings. The predicted molar refractivity (Wildman–Crippen MR) is 121 cm³/mol. The summed E-state index contributed by atoms with van der Waals surface area (Å²) in [5.41, 5.74) is 1.83. The van der Waals surface area contributed by atoms with E-state index in [0.29, 0.717) is 11.5 Å². The molecular formula is C22H16FN3O2S2. The van der Waals surface area contributed by atoms with Gasteiger partial charge in [0.15, 0.2) is 5.11 Å². The highest BCUT2D eigenvalue weighted by molar-refractivity contribution is 7.80. The Bertz CT molecular complexity index is 1210. The van der Waals surface area contributed by atoms with Crippen molar-refractivity contribution in [3.05, 3.63) is 83.6 Å². The quantitative estimate of drug-likeness (QED) is 0.416. The number of hydrogen-bond acceptors (Lipinski definition) is 5. The molecular weight excluding hydrogens is 421 g/mol. The number of amides is 1. The van der Waals surface area contributed by atoms with E-state index in [2.05, 4.69) is 15.6 Å². The van der Waals surface area contributed by atoms with Gasteiger partial charge >= 0.3 is 0 Å². The van der Waals surface area contributed by atoms with Crippen LogP contribution in [0.5, 0.6) is 11.5 Å². The second kappa shape index (κ2) is 8.98. The van der Waals surface area contributed by atoms with Crippen molar-refractivity contribution in [1.29, 1.82) is 0 Å². The lowest BCUT2D eigenvalue weighted by Crippen LogP contribution is -2.35. The minimum absolute atomic E-state index is 0.0259. The average Bonchev–Trinajstić information content (AvgIpc) is 3.20. The number of benzene rings is 2. The first kappa shape index (κ1) is 19.9. The third-order valence-electron chi connectivity index (χ3n) is 4.18. The number of thiocarbonyl (C=S) groups is 1. The van der Waals surface area contributed by atoms with E-state index in [-0.39, 0.29) is 23.1 Å². The summed E-state index contributed by atoms with van der Waals surface area (Å²) in [4.78, 5) is 16.3. The van der Waals surface area contributed by atoms with Crippen molar-refractivity contribution in [2.45, 2.75) is 6.42 Å². The molecule has 2 aromatic carbocycles. The van der Waals surface area contributed by atoms with Gasteiger partial charge in [-0.15, -0.1) is 11.3 Å².